The lowest BCUT2D eigenvalue weighted by atomic mass is 10.1. The van der Waals surface area contributed by atoms with Gasteiger partial charge >= 0.3 is 0 Å². The average Bonchev–Trinajstić information content (AvgIpc) is 2.34. The van der Waals surface area contributed by atoms with E-state index >= 15 is 0 Å². The van der Waals surface area contributed by atoms with Crippen molar-refractivity contribution in [1.29, 1.82) is 0 Å². The SMILES string of the molecule is CC(Nc1ccc(Cl)c(F)c1)c1ccc(I)cc1. The predicted molar refractivity (Wildman–Crippen MR) is 82.6 cm³/mol. The van der Waals surface area contributed by atoms with Crippen LogP contribution in [0.15, 0.2) is 42.5 Å². The zero-order valence-electron chi connectivity index (χ0n) is 9.75. The first-order valence-corrected chi connectivity index (χ1v) is 6.99. The quantitative estimate of drug-likeness (QED) is 0.722. The molecule has 2 aromatic rings. The lowest BCUT2D eigenvalue weighted by Gasteiger charge is -2.16. The molecule has 4 heteroatoms. The van der Waals surface area contributed by atoms with Crippen molar-refractivity contribution in [2.45, 2.75) is 13.0 Å². The topological polar surface area (TPSA) is 12.0 Å². The Labute approximate surface area is 124 Å². The Kier molecular flexibility index (Phi) is 4.45. The van der Waals surface area contributed by atoms with Gasteiger partial charge < -0.3 is 5.32 Å². The van der Waals surface area contributed by atoms with Gasteiger partial charge in [-0.05, 0) is 65.4 Å². The summed E-state index contributed by atoms with van der Waals surface area (Å²) in [5.41, 5.74) is 1.88. The van der Waals surface area contributed by atoms with E-state index in [4.69, 9.17) is 11.6 Å². The molecule has 0 fully saturated rings. The molecule has 0 heterocycles. The van der Waals surface area contributed by atoms with Crippen LogP contribution in [0.5, 0.6) is 0 Å². The number of hydrogen-bond donors (Lipinski definition) is 1. The first-order chi connectivity index (χ1) is 8.56. The van der Waals surface area contributed by atoms with Crippen LogP contribution in [0.25, 0.3) is 0 Å². The van der Waals surface area contributed by atoms with E-state index in [2.05, 4.69) is 52.2 Å². The van der Waals surface area contributed by atoms with Crippen LogP contribution in [0.1, 0.15) is 18.5 Å². The molecule has 1 nitrogen and oxygen atoms in total. The van der Waals surface area contributed by atoms with Gasteiger partial charge in [0.2, 0.25) is 0 Å². The Bertz CT molecular complexity index is 542. The molecule has 0 bridgehead atoms. The minimum Gasteiger partial charge on any atom is -0.378 e. The van der Waals surface area contributed by atoms with E-state index in [0.29, 0.717) is 0 Å². The largest absolute Gasteiger partial charge is 0.378 e. The van der Waals surface area contributed by atoms with Crippen molar-refractivity contribution >= 4 is 39.9 Å². The van der Waals surface area contributed by atoms with Gasteiger partial charge in [-0.15, -0.1) is 0 Å². The summed E-state index contributed by atoms with van der Waals surface area (Å²) in [6.07, 6.45) is 0. The second-order valence-electron chi connectivity index (χ2n) is 4.05. The molecule has 1 atom stereocenters. The first-order valence-electron chi connectivity index (χ1n) is 5.53. The number of rotatable bonds is 3. The maximum absolute atomic E-state index is 13.3. The van der Waals surface area contributed by atoms with E-state index in [-0.39, 0.29) is 11.1 Å². The Morgan fingerprint density at radius 2 is 1.83 bits per heavy atom. The average molecular weight is 376 g/mol. The molecule has 0 spiro atoms. The summed E-state index contributed by atoms with van der Waals surface area (Å²) in [5.74, 6) is -0.406. The Morgan fingerprint density at radius 3 is 2.44 bits per heavy atom. The third-order valence-electron chi connectivity index (χ3n) is 2.67. The summed E-state index contributed by atoms with van der Waals surface area (Å²) in [6, 6.07) is 13.1. The molecule has 0 aliphatic carbocycles. The van der Waals surface area contributed by atoms with E-state index < -0.39 is 5.82 Å². The van der Waals surface area contributed by atoms with Crippen LogP contribution in [-0.4, -0.2) is 0 Å². The summed E-state index contributed by atoms with van der Waals surface area (Å²) in [4.78, 5) is 0. The summed E-state index contributed by atoms with van der Waals surface area (Å²) in [5, 5.41) is 3.39. The highest BCUT2D eigenvalue weighted by Gasteiger charge is 2.07. The maximum Gasteiger partial charge on any atom is 0.143 e. The second-order valence-corrected chi connectivity index (χ2v) is 5.70. The maximum atomic E-state index is 13.3. The van der Waals surface area contributed by atoms with Gasteiger partial charge in [-0.25, -0.2) is 4.39 Å². The molecule has 94 valence electrons. The van der Waals surface area contributed by atoms with Crippen LogP contribution >= 0.6 is 34.2 Å². The van der Waals surface area contributed by atoms with Crippen molar-refractivity contribution in [3.63, 3.8) is 0 Å². The van der Waals surface area contributed by atoms with Gasteiger partial charge in [-0.2, -0.15) is 0 Å². The molecule has 18 heavy (non-hydrogen) atoms. The molecule has 0 saturated heterocycles. The fourth-order valence-electron chi connectivity index (χ4n) is 1.67. The predicted octanol–water partition coefficient (Wildman–Crippen LogP) is 5.26. The smallest absolute Gasteiger partial charge is 0.143 e. The van der Waals surface area contributed by atoms with E-state index in [1.807, 2.05) is 6.92 Å². The van der Waals surface area contributed by atoms with Crippen molar-refractivity contribution in [3.8, 4) is 0 Å². The third kappa shape index (κ3) is 3.36. The number of nitrogens with one attached hydrogen (secondary N) is 1. The van der Waals surface area contributed by atoms with Crippen LogP contribution in [0, 0.1) is 9.39 Å². The Morgan fingerprint density at radius 1 is 1.17 bits per heavy atom. The van der Waals surface area contributed by atoms with Gasteiger partial charge in [0.15, 0.2) is 0 Å². The van der Waals surface area contributed by atoms with Crippen LogP contribution in [-0.2, 0) is 0 Å². The van der Waals surface area contributed by atoms with E-state index in [9.17, 15) is 4.39 Å². The van der Waals surface area contributed by atoms with Gasteiger partial charge in [0, 0.05) is 15.3 Å². The molecule has 2 aromatic carbocycles. The highest BCUT2D eigenvalue weighted by Crippen LogP contribution is 2.23. The lowest BCUT2D eigenvalue weighted by Crippen LogP contribution is -2.06. The van der Waals surface area contributed by atoms with Gasteiger partial charge in [-0.3, -0.25) is 0 Å². The van der Waals surface area contributed by atoms with Gasteiger partial charge in [-0.1, -0.05) is 23.7 Å². The van der Waals surface area contributed by atoms with Crippen molar-refractivity contribution in [3.05, 3.63) is 62.4 Å². The minimum absolute atomic E-state index is 0.113. The molecule has 1 unspecified atom stereocenters. The lowest BCUT2D eigenvalue weighted by molar-refractivity contribution is 0.628. The van der Waals surface area contributed by atoms with Gasteiger partial charge in [0.1, 0.15) is 5.82 Å². The number of benzene rings is 2. The van der Waals surface area contributed by atoms with E-state index in [1.54, 1.807) is 12.1 Å². The van der Waals surface area contributed by atoms with Crippen LogP contribution in [0.3, 0.4) is 0 Å². The van der Waals surface area contributed by atoms with Crippen LogP contribution in [0.2, 0.25) is 5.02 Å². The van der Waals surface area contributed by atoms with E-state index in [0.717, 1.165) is 11.3 Å². The van der Waals surface area contributed by atoms with Crippen molar-refractivity contribution in [2.75, 3.05) is 5.32 Å². The van der Waals surface area contributed by atoms with Gasteiger partial charge in [0.05, 0.1) is 5.02 Å². The zero-order valence-corrected chi connectivity index (χ0v) is 12.7. The molecule has 0 aliphatic heterocycles. The second kappa shape index (κ2) is 5.89. The van der Waals surface area contributed by atoms with Crippen molar-refractivity contribution < 1.29 is 4.39 Å². The fraction of sp³-hybridized carbons (Fsp3) is 0.143. The molecule has 0 radical (unpaired) electrons. The molecule has 0 aromatic heterocycles. The Hall–Kier alpha value is -0.810. The first kappa shape index (κ1) is 13.6. The van der Waals surface area contributed by atoms with Crippen molar-refractivity contribution in [2.24, 2.45) is 0 Å². The molecule has 2 rings (SSSR count). The van der Waals surface area contributed by atoms with Crippen LogP contribution in [0.4, 0.5) is 10.1 Å². The minimum atomic E-state index is -0.406. The summed E-state index contributed by atoms with van der Waals surface area (Å²) in [6.45, 7) is 2.04. The summed E-state index contributed by atoms with van der Waals surface area (Å²) < 4.78 is 14.5. The molecular weight excluding hydrogens is 364 g/mol. The number of halogens is 3. The number of anilines is 1. The molecule has 0 saturated carbocycles. The zero-order chi connectivity index (χ0) is 13.1. The normalized spacial score (nSPS) is 12.2. The highest BCUT2D eigenvalue weighted by molar-refractivity contribution is 14.1. The van der Waals surface area contributed by atoms with Crippen LogP contribution < -0.4 is 5.32 Å². The number of hydrogen-bond acceptors (Lipinski definition) is 1. The van der Waals surface area contributed by atoms with Gasteiger partial charge in [0.25, 0.3) is 0 Å². The van der Waals surface area contributed by atoms with Crippen molar-refractivity contribution in [1.82, 2.24) is 0 Å². The summed E-state index contributed by atoms with van der Waals surface area (Å²) >= 11 is 7.91. The Balaban J connectivity index is 2.13. The highest BCUT2D eigenvalue weighted by atomic mass is 127. The molecule has 1 N–H and O–H groups in total. The fourth-order valence-corrected chi connectivity index (χ4v) is 2.15. The molecular formula is C14H12ClFIN. The molecule has 0 amide bonds. The van der Waals surface area contributed by atoms with E-state index in [1.165, 1.54) is 9.64 Å². The summed E-state index contributed by atoms with van der Waals surface area (Å²) in [7, 11) is 0. The monoisotopic (exact) mass is 375 g/mol. The molecule has 0 aliphatic rings. The standard InChI is InChI=1S/C14H12ClFIN/c1-9(10-2-4-11(17)5-3-10)18-12-6-7-13(15)14(16)8-12/h2-9,18H,1H3. The third-order valence-corrected chi connectivity index (χ3v) is 3.70.